The molecule has 0 bridgehead atoms. The highest BCUT2D eigenvalue weighted by molar-refractivity contribution is 5.87. The van der Waals surface area contributed by atoms with Crippen molar-refractivity contribution >= 4 is 11.8 Å². The van der Waals surface area contributed by atoms with E-state index in [2.05, 4.69) is 6.58 Å². The Kier molecular flexibility index (Phi) is 5.79. The number of likely N-dealkylation sites (tertiary alicyclic amines) is 2. The van der Waals surface area contributed by atoms with Crippen LogP contribution in [0.2, 0.25) is 0 Å². The van der Waals surface area contributed by atoms with Gasteiger partial charge in [-0.05, 0) is 50.8 Å². The third-order valence-electron chi connectivity index (χ3n) is 6.40. The van der Waals surface area contributed by atoms with Gasteiger partial charge >= 0.3 is 6.18 Å². The van der Waals surface area contributed by atoms with Crippen molar-refractivity contribution in [1.82, 2.24) is 9.80 Å². The van der Waals surface area contributed by atoms with Crippen molar-refractivity contribution in [3.63, 3.8) is 0 Å². The van der Waals surface area contributed by atoms with Gasteiger partial charge in [-0.1, -0.05) is 24.8 Å². The molecule has 0 radical (unpaired) electrons. The molecule has 1 unspecified atom stereocenters. The summed E-state index contributed by atoms with van der Waals surface area (Å²) in [4.78, 5) is 28.4. The van der Waals surface area contributed by atoms with Crippen LogP contribution < -0.4 is 0 Å². The van der Waals surface area contributed by atoms with E-state index in [0.29, 0.717) is 44.5 Å². The van der Waals surface area contributed by atoms with Crippen LogP contribution in [0.3, 0.4) is 0 Å². The molecule has 158 valence electrons. The lowest BCUT2D eigenvalue weighted by Gasteiger charge is -2.40. The highest BCUT2D eigenvalue weighted by Crippen LogP contribution is 2.44. The summed E-state index contributed by atoms with van der Waals surface area (Å²) in [5.74, 6) is -0.406. The number of benzene rings is 1. The number of carbonyl (C=O) groups excluding carboxylic acids is 2. The number of piperidine rings is 1. The maximum absolute atomic E-state index is 13.2. The Morgan fingerprint density at radius 1 is 1.14 bits per heavy atom. The summed E-state index contributed by atoms with van der Waals surface area (Å²) in [5.41, 5.74) is -0.614. The van der Waals surface area contributed by atoms with Gasteiger partial charge in [0.15, 0.2) is 0 Å². The van der Waals surface area contributed by atoms with Gasteiger partial charge in [-0.25, -0.2) is 0 Å². The van der Waals surface area contributed by atoms with Crippen molar-refractivity contribution in [2.45, 2.75) is 50.7 Å². The minimum Gasteiger partial charge on any atom is -0.339 e. The van der Waals surface area contributed by atoms with Crippen LogP contribution in [-0.2, 0) is 15.8 Å². The van der Waals surface area contributed by atoms with Crippen LogP contribution in [0.5, 0.6) is 0 Å². The van der Waals surface area contributed by atoms with Crippen molar-refractivity contribution in [2.75, 3.05) is 19.6 Å². The van der Waals surface area contributed by atoms with E-state index in [1.165, 1.54) is 18.2 Å². The van der Waals surface area contributed by atoms with E-state index in [1.54, 1.807) is 11.0 Å². The lowest BCUT2D eigenvalue weighted by Crippen LogP contribution is -2.50. The van der Waals surface area contributed by atoms with Gasteiger partial charge in [-0.3, -0.25) is 9.59 Å². The van der Waals surface area contributed by atoms with Gasteiger partial charge in [0.05, 0.1) is 5.56 Å². The van der Waals surface area contributed by atoms with Crippen LogP contribution in [0, 0.1) is 5.92 Å². The molecular formula is C22H27F3N2O2. The topological polar surface area (TPSA) is 40.6 Å². The molecule has 1 atom stereocenters. The van der Waals surface area contributed by atoms with Gasteiger partial charge in [-0.2, -0.15) is 13.2 Å². The normalized spacial score (nSPS) is 22.6. The van der Waals surface area contributed by atoms with Gasteiger partial charge in [0.25, 0.3) is 0 Å². The van der Waals surface area contributed by atoms with E-state index in [9.17, 15) is 22.8 Å². The van der Waals surface area contributed by atoms with Crippen LogP contribution in [0.1, 0.15) is 50.2 Å². The van der Waals surface area contributed by atoms with Gasteiger partial charge < -0.3 is 9.80 Å². The highest BCUT2D eigenvalue weighted by Gasteiger charge is 2.46. The second-order valence-corrected chi connectivity index (χ2v) is 8.41. The summed E-state index contributed by atoms with van der Waals surface area (Å²) in [6.45, 7) is 8.92. The van der Waals surface area contributed by atoms with Crippen LogP contribution in [0.4, 0.5) is 13.2 Å². The number of alkyl halides is 3. The lowest BCUT2D eigenvalue weighted by atomic mass is 9.81. The first kappa shape index (κ1) is 21.4. The first-order valence-corrected chi connectivity index (χ1v) is 9.95. The van der Waals surface area contributed by atoms with Crippen molar-refractivity contribution in [3.8, 4) is 0 Å². The molecule has 4 nitrogen and oxygen atoms in total. The van der Waals surface area contributed by atoms with Crippen molar-refractivity contribution < 1.29 is 22.8 Å². The van der Waals surface area contributed by atoms with Crippen molar-refractivity contribution in [1.29, 1.82) is 0 Å². The van der Waals surface area contributed by atoms with Crippen molar-refractivity contribution in [3.05, 3.63) is 48.0 Å². The fourth-order valence-electron chi connectivity index (χ4n) is 4.68. The number of amides is 2. The molecule has 0 spiro atoms. The first-order chi connectivity index (χ1) is 13.6. The third-order valence-corrected chi connectivity index (χ3v) is 6.40. The van der Waals surface area contributed by atoms with Gasteiger partial charge in [0.1, 0.15) is 0 Å². The van der Waals surface area contributed by atoms with E-state index in [1.807, 2.05) is 18.7 Å². The van der Waals surface area contributed by atoms with Crippen LogP contribution in [0.25, 0.3) is 0 Å². The molecule has 2 heterocycles. The Bertz CT molecular complexity index is 795. The zero-order valence-corrected chi connectivity index (χ0v) is 16.8. The summed E-state index contributed by atoms with van der Waals surface area (Å²) in [7, 11) is 0. The van der Waals surface area contributed by atoms with Gasteiger partial charge in [0.2, 0.25) is 11.8 Å². The van der Waals surface area contributed by atoms with Crippen LogP contribution in [0.15, 0.2) is 36.9 Å². The number of hydrogen-bond acceptors (Lipinski definition) is 2. The molecule has 2 amide bonds. The van der Waals surface area contributed by atoms with E-state index in [0.717, 1.165) is 6.07 Å². The molecule has 3 rings (SSSR count). The average Bonchev–Trinajstić information content (AvgIpc) is 3.01. The highest BCUT2D eigenvalue weighted by atomic mass is 19.4. The van der Waals surface area contributed by atoms with Gasteiger partial charge in [0, 0.05) is 37.0 Å². The maximum Gasteiger partial charge on any atom is 0.416 e. The van der Waals surface area contributed by atoms with Gasteiger partial charge in [-0.15, -0.1) is 0 Å². The number of nitrogens with zero attached hydrogens (tertiary/aromatic N) is 2. The predicted octanol–water partition coefficient (Wildman–Crippen LogP) is 4.22. The summed E-state index contributed by atoms with van der Waals surface area (Å²) in [6.07, 6.45) is -1.28. The van der Waals surface area contributed by atoms with E-state index in [-0.39, 0.29) is 23.7 Å². The fourth-order valence-corrected chi connectivity index (χ4v) is 4.68. The molecule has 2 fully saturated rings. The fraction of sp³-hybridized carbons (Fsp3) is 0.545. The molecule has 2 aliphatic rings. The molecule has 2 aliphatic heterocycles. The number of carbonyl (C=O) groups is 2. The Morgan fingerprint density at radius 3 is 2.38 bits per heavy atom. The molecule has 1 aromatic rings. The molecule has 0 aromatic heterocycles. The number of hydrogen-bond donors (Lipinski definition) is 0. The molecule has 0 saturated carbocycles. The predicted molar refractivity (Wildman–Crippen MR) is 104 cm³/mol. The minimum atomic E-state index is -4.38. The Balaban J connectivity index is 1.73. The SMILES string of the molecule is C=CC(=O)N1CCC(C(=O)N2CCC(c3cccc(C(F)(F)F)c3)C2(C)C)CC1. The zero-order chi connectivity index (χ0) is 21.4. The first-order valence-electron chi connectivity index (χ1n) is 9.95. The average molecular weight is 408 g/mol. The van der Waals surface area contributed by atoms with E-state index < -0.39 is 17.3 Å². The summed E-state index contributed by atoms with van der Waals surface area (Å²) < 4.78 is 39.3. The molecule has 0 N–H and O–H groups in total. The molecular weight excluding hydrogens is 381 g/mol. The largest absolute Gasteiger partial charge is 0.416 e. The monoisotopic (exact) mass is 408 g/mol. The van der Waals surface area contributed by atoms with E-state index >= 15 is 0 Å². The standard InChI is InChI=1S/C22H27F3N2O2/c1-4-19(28)26-11-8-15(9-12-26)20(29)27-13-10-18(21(27,2)3)16-6-5-7-17(14-16)22(23,24)25/h4-7,14-15,18H,1,8-13H2,2-3H3. The molecule has 2 saturated heterocycles. The molecule has 0 aliphatic carbocycles. The Hall–Kier alpha value is -2.31. The number of rotatable bonds is 3. The third kappa shape index (κ3) is 4.19. The van der Waals surface area contributed by atoms with Crippen molar-refractivity contribution in [2.24, 2.45) is 5.92 Å². The summed E-state index contributed by atoms with van der Waals surface area (Å²) >= 11 is 0. The Labute approximate surface area is 169 Å². The molecule has 29 heavy (non-hydrogen) atoms. The quantitative estimate of drug-likeness (QED) is 0.703. The van der Waals surface area contributed by atoms with E-state index in [4.69, 9.17) is 0 Å². The van der Waals surface area contributed by atoms with Crippen LogP contribution in [-0.4, -0.2) is 46.8 Å². The summed E-state index contributed by atoms with van der Waals surface area (Å²) in [5, 5.41) is 0. The summed E-state index contributed by atoms with van der Waals surface area (Å²) in [6, 6.07) is 5.44. The Morgan fingerprint density at radius 2 is 1.79 bits per heavy atom. The van der Waals surface area contributed by atoms with Crippen LogP contribution >= 0.6 is 0 Å². The molecule has 7 heteroatoms. The second-order valence-electron chi connectivity index (χ2n) is 8.41. The second kappa shape index (κ2) is 7.84. The molecule has 1 aromatic carbocycles. The maximum atomic E-state index is 13.2. The number of halogens is 3. The lowest BCUT2D eigenvalue weighted by molar-refractivity contribution is -0.142. The minimum absolute atomic E-state index is 0.0372. The zero-order valence-electron chi connectivity index (χ0n) is 16.8. The smallest absolute Gasteiger partial charge is 0.339 e.